The Hall–Kier alpha value is -0.340. The van der Waals surface area contributed by atoms with E-state index in [1.165, 1.54) is 12.0 Å². The van der Waals surface area contributed by atoms with Crippen LogP contribution in [0.1, 0.15) is 31.7 Å². The van der Waals surface area contributed by atoms with Gasteiger partial charge in [0.05, 0.1) is 0 Å². The van der Waals surface area contributed by atoms with Crippen molar-refractivity contribution in [2.24, 2.45) is 11.7 Å². The molecule has 2 unspecified atom stereocenters. The van der Waals surface area contributed by atoms with E-state index in [0.29, 0.717) is 11.8 Å². The molecule has 2 heteroatoms. The second kappa shape index (κ2) is 5.52. The van der Waals surface area contributed by atoms with Gasteiger partial charge in [-0.15, -0.1) is 0 Å². The van der Waals surface area contributed by atoms with Crippen molar-refractivity contribution in [3.8, 4) is 0 Å². The minimum absolute atomic E-state index is 0.494. The Morgan fingerprint density at radius 2 is 1.86 bits per heavy atom. The summed E-state index contributed by atoms with van der Waals surface area (Å²) in [5.41, 5.74) is 7.16. The molecule has 1 rings (SSSR count). The van der Waals surface area contributed by atoms with Gasteiger partial charge in [0.2, 0.25) is 0 Å². The Kier molecular flexibility index (Phi) is 4.63. The predicted molar refractivity (Wildman–Crippen MR) is 65.4 cm³/mol. The van der Waals surface area contributed by atoms with Crippen molar-refractivity contribution >= 4 is 15.9 Å². The van der Waals surface area contributed by atoms with Gasteiger partial charge in [-0.2, -0.15) is 0 Å². The molecule has 0 aromatic heterocycles. The quantitative estimate of drug-likeness (QED) is 0.876. The first kappa shape index (κ1) is 11.7. The summed E-state index contributed by atoms with van der Waals surface area (Å²) in [6.45, 7) is 5.21. The van der Waals surface area contributed by atoms with Gasteiger partial charge in [-0.3, -0.25) is 0 Å². The molecule has 0 aliphatic heterocycles. The van der Waals surface area contributed by atoms with Crippen molar-refractivity contribution in [1.82, 2.24) is 0 Å². The van der Waals surface area contributed by atoms with Gasteiger partial charge < -0.3 is 5.73 Å². The molecule has 1 aromatic rings. The van der Waals surface area contributed by atoms with E-state index in [-0.39, 0.29) is 0 Å². The Labute approximate surface area is 94.8 Å². The lowest BCUT2D eigenvalue weighted by atomic mass is 9.86. The molecule has 1 aromatic carbocycles. The minimum atomic E-state index is 0.494. The molecule has 0 saturated heterocycles. The summed E-state index contributed by atoms with van der Waals surface area (Å²) in [5.74, 6) is 1.15. The first-order chi connectivity index (χ1) is 6.69. The highest BCUT2D eigenvalue weighted by atomic mass is 79.9. The summed E-state index contributed by atoms with van der Waals surface area (Å²) in [6.07, 6.45) is 1.18. The van der Waals surface area contributed by atoms with E-state index in [4.69, 9.17) is 5.73 Å². The van der Waals surface area contributed by atoms with E-state index in [0.717, 1.165) is 11.0 Å². The van der Waals surface area contributed by atoms with Crippen molar-refractivity contribution in [3.05, 3.63) is 34.3 Å². The van der Waals surface area contributed by atoms with Crippen molar-refractivity contribution in [2.45, 2.75) is 26.2 Å². The Morgan fingerprint density at radius 3 is 2.29 bits per heavy atom. The van der Waals surface area contributed by atoms with Crippen LogP contribution in [0.2, 0.25) is 0 Å². The molecule has 0 saturated carbocycles. The molecule has 0 spiro atoms. The lowest BCUT2D eigenvalue weighted by Crippen LogP contribution is -2.19. The monoisotopic (exact) mass is 255 g/mol. The van der Waals surface area contributed by atoms with E-state index in [1.807, 2.05) is 0 Å². The molecule has 0 aliphatic rings. The summed E-state index contributed by atoms with van der Waals surface area (Å²) in [5, 5.41) is 0. The van der Waals surface area contributed by atoms with Gasteiger partial charge in [0, 0.05) is 4.47 Å². The van der Waals surface area contributed by atoms with Crippen molar-refractivity contribution in [3.63, 3.8) is 0 Å². The molecule has 0 radical (unpaired) electrons. The number of nitrogens with two attached hydrogens (primary N) is 1. The first-order valence-corrected chi connectivity index (χ1v) is 5.93. The van der Waals surface area contributed by atoms with Crippen molar-refractivity contribution in [2.75, 3.05) is 6.54 Å². The lowest BCUT2D eigenvalue weighted by Gasteiger charge is -2.21. The van der Waals surface area contributed by atoms with Crippen LogP contribution in [0.25, 0.3) is 0 Å². The maximum atomic E-state index is 5.81. The van der Waals surface area contributed by atoms with Crippen LogP contribution in [-0.4, -0.2) is 6.54 Å². The molecule has 14 heavy (non-hydrogen) atoms. The number of hydrogen-bond acceptors (Lipinski definition) is 1. The van der Waals surface area contributed by atoms with Gasteiger partial charge in [0.1, 0.15) is 0 Å². The first-order valence-electron chi connectivity index (χ1n) is 5.14. The van der Waals surface area contributed by atoms with E-state index in [2.05, 4.69) is 54.0 Å². The van der Waals surface area contributed by atoms with Crippen molar-refractivity contribution in [1.29, 1.82) is 0 Å². The minimum Gasteiger partial charge on any atom is -0.330 e. The number of benzene rings is 1. The molecular weight excluding hydrogens is 238 g/mol. The largest absolute Gasteiger partial charge is 0.330 e. The summed E-state index contributed by atoms with van der Waals surface area (Å²) >= 11 is 3.44. The fourth-order valence-electron chi connectivity index (χ4n) is 1.69. The van der Waals surface area contributed by atoms with E-state index in [1.54, 1.807) is 0 Å². The van der Waals surface area contributed by atoms with Crippen LogP contribution in [0.15, 0.2) is 28.7 Å². The van der Waals surface area contributed by atoms with Crippen LogP contribution in [0, 0.1) is 5.92 Å². The molecule has 0 amide bonds. The zero-order chi connectivity index (χ0) is 10.6. The van der Waals surface area contributed by atoms with Crippen LogP contribution in [0.3, 0.4) is 0 Å². The van der Waals surface area contributed by atoms with Gasteiger partial charge in [-0.25, -0.2) is 0 Å². The molecule has 0 aliphatic carbocycles. The third kappa shape index (κ3) is 2.82. The summed E-state index contributed by atoms with van der Waals surface area (Å²) in [4.78, 5) is 0. The molecule has 0 heterocycles. The van der Waals surface area contributed by atoms with Gasteiger partial charge in [0.25, 0.3) is 0 Å². The fourth-order valence-corrected chi connectivity index (χ4v) is 1.96. The molecule has 78 valence electrons. The fraction of sp³-hybridized carbons (Fsp3) is 0.500. The van der Waals surface area contributed by atoms with Gasteiger partial charge in [-0.05, 0) is 36.1 Å². The Morgan fingerprint density at radius 1 is 1.29 bits per heavy atom. The van der Waals surface area contributed by atoms with E-state index >= 15 is 0 Å². The number of halogens is 1. The highest BCUT2D eigenvalue weighted by molar-refractivity contribution is 9.10. The predicted octanol–water partition coefficient (Wildman–Crippen LogP) is 3.54. The van der Waals surface area contributed by atoms with Gasteiger partial charge in [0.15, 0.2) is 0 Å². The third-order valence-electron chi connectivity index (χ3n) is 2.88. The van der Waals surface area contributed by atoms with Crippen LogP contribution in [-0.2, 0) is 0 Å². The molecular formula is C12H18BrN. The van der Waals surface area contributed by atoms with Gasteiger partial charge >= 0.3 is 0 Å². The van der Waals surface area contributed by atoms with Crippen molar-refractivity contribution < 1.29 is 0 Å². The number of rotatable bonds is 4. The van der Waals surface area contributed by atoms with Crippen LogP contribution in [0.4, 0.5) is 0 Å². The van der Waals surface area contributed by atoms with Gasteiger partial charge in [-0.1, -0.05) is 48.3 Å². The summed E-state index contributed by atoms with van der Waals surface area (Å²) < 4.78 is 1.13. The average molecular weight is 256 g/mol. The number of hydrogen-bond donors (Lipinski definition) is 1. The van der Waals surface area contributed by atoms with E-state index in [9.17, 15) is 0 Å². The SMILES string of the molecule is CCC(C)C(CN)c1ccc(Br)cc1. The molecule has 2 N–H and O–H groups in total. The smallest absolute Gasteiger partial charge is 0.0175 e. The second-order valence-electron chi connectivity index (χ2n) is 3.78. The Bertz CT molecular complexity index is 268. The molecule has 2 atom stereocenters. The zero-order valence-electron chi connectivity index (χ0n) is 8.83. The standard InChI is InChI=1S/C12H18BrN/c1-3-9(2)12(8-14)10-4-6-11(13)7-5-10/h4-7,9,12H,3,8,14H2,1-2H3. The summed E-state index contributed by atoms with van der Waals surface area (Å²) in [7, 11) is 0. The lowest BCUT2D eigenvalue weighted by molar-refractivity contribution is 0.452. The third-order valence-corrected chi connectivity index (χ3v) is 3.41. The maximum absolute atomic E-state index is 5.81. The molecule has 1 nitrogen and oxygen atoms in total. The van der Waals surface area contributed by atoms with Crippen LogP contribution >= 0.6 is 15.9 Å². The average Bonchev–Trinajstić information content (AvgIpc) is 2.21. The second-order valence-corrected chi connectivity index (χ2v) is 4.69. The summed E-state index contributed by atoms with van der Waals surface area (Å²) in [6, 6.07) is 8.49. The van der Waals surface area contributed by atoms with Crippen LogP contribution < -0.4 is 5.73 Å². The highest BCUT2D eigenvalue weighted by Gasteiger charge is 2.15. The Balaban J connectivity index is 2.84. The maximum Gasteiger partial charge on any atom is 0.0175 e. The zero-order valence-corrected chi connectivity index (χ0v) is 10.4. The van der Waals surface area contributed by atoms with Crippen LogP contribution in [0.5, 0.6) is 0 Å². The van der Waals surface area contributed by atoms with E-state index < -0.39 is 0 Å². The molecule has 0 bridgehead atoms. The topological polar surface area (TPSA) is 26.0 Å². The highest BCUT2D eigenvalue weighted by Crippen LogP contribution is 2.26. The normalized spacial score (nSPS) is 15.1. The molecule has 0 fully saturated rings.